The molecule has 41 heavy (non-hydrogen) atoms. The van der Waals surface area contributed by atoms with Gasteiger partial charge >= 0.3 is 0 Å². The van der Waals surface area contributed by atoms with Gasteiger partial charge in [0.15, 0.2) is 5.78 Å². The van der Waals surface area contributed by atoms with Gasteiger partial charge < -0.3 is 14.9 Å². The smallest absolute Gasteiger partial charge is 0.253 e. The number of rotatable bonds is 14. The first-order chi connectivity index (χ1) is 19.5. The first-order valence-electron chi connectivity index (χ1n) is 15.3. The molecule has 1 heterocycles. The number of ketones is 1. The lowest BCUT2D eigenvalue weighted by atomic mass is 9.79. The molecule has 2 aromatic carbocycles. The molecule has 1 N–H and O–H groups in total. The molecule has 2 aromatic rings. The summed E-state index contributed by atoms with van der Waals surface area (Å²) in [5.74, 6) is -1.69. The second-order valence-corrected chi connectivity index (χ2v) is 12.3. The van der Waals surface area contributed by atoms with Crippen LogP contribution in [-0.2, 0) is 6.42 Å². The van der Waals surface area contributed by atoms with Crippen LogP contribution in [0.5, 0.6) is 0 Å². The molecule has 1 fully saturated rings. The van der Waals surface area contributed by atoms with Crippen molar-refractivity contribution in [2.75, 3.05) is 32.7 Å². The lowest BCUT2D eigenvalue weighted by Crippen LogP contribution is -2.44. The molecule has 3 atom stereocenters. The van der Waals surface area contributed by atoms with Gasteiger partial charge in [-0.05, 0) is 105 Å². The quantitative estimate of drug-likeness (QED) is 0.257. The standard InChI is InChI=1S/C34H48F2N2O3/c1-6-10-38(11-7-2)34(41)29-14-24(5)13-27(18-29)32(39)19-28(15-25-16-30(35)20-31(36)17-25)33(40)26-9-8-12-37(22-26)21-23(3)4/h13-14,16-18,20,23,26,28,33,40H,6-12,15,19,21-22H2,1-5H3/t26?,28?,33-/m1/s1. The van der Waals surface area contributed by atoms with E-state index in [0.717, 1.165) is 56.9 Å². The number of likely N-dealkylation sites (tertiary alicyclic amines) is 1. The molecule has 1 amide bonds. The molecular formula is C34H48F2N2O3. The van der Waals surface area contributed by atoms with Gasteiger partial charge in [-0.1, -0.05) is 27.7 Å². The Morgan fingerprint density at radius 2 is 1.63 bits per heavy atom. The van der Waals surface area contributed by atoms with Crippen LogP contribution in [0.2, 0.25) is 0 Å². The number of halogens is 2. The largest absolute Gasteiger partial charge is 0.392 e. The molecule has 0 aliphatic carbocycles. The zero-order valence-corrected chi connectivity index (χ0v) is 25.5. The number of Topliss-reactive ketones (excluding diaryl/α,β-unsaturated/α-hetero) is 1. The number of carbonyl (C=O) groups excluding carboxylic acids is 2. The van der Waals surface area contributed by atoms with Gasteiger partial charge in [0, 0.05) is 49.8 Å². The number of hydrogen-bond donors (Lipinski definition) is 1. The van der Waals surface area contributed by atoms with Crippen molar-refractivity contribution in [1.29, 1.82) is 0 Å². The maximum Gasteiger partial charge on any atom is 0.253 e. The highest BCUT2D eigenvalue weighted by Crippen LogP contribution is 2.30. The van der Waals surface area contributed by atoms with E-state index in [-0.39, 0.29) is 30.4 Å². The summed E-state index contributed by atoms with van der Waals surface area (Å²) in [4.78, 5) is 31.2. The second kappa shape index (κ2) is 15.5. The maximum atomic E-state index is 14.1. The van der Waals surface area contributed by atoms with Gasteiger partial charge in [0.05, 0.1) is 6.10 Å². The average Bonchev–Trinajstić information content (AvgIpc) is 2.90. The van der Waals surface area contributed by atoms with Gasteiger partial charge in [0.25, 0.3) is 5.91 Å². The molecule has 0 bridgehead atoms. The number of carbonyl (C=O) groups is 2. The SMILES string of the molecule is CCCN(CCC)C(=O)c1cc(C)cc(C(=O)CC(Cc2cc(F)cc(F)c2)[C@H](O)C2CCCN(CC(C)C)C2)c1. The molecule has 3 rings (SSSR count). The van der Waals surface area contributed by atoms with Crippen LogP contribution in [0.1, 0.15) is 91.6 Å². The summed E-state index contributed by atoms with van der Waals surface area (Å²) in [6, 6.07) is 8.63. The van der Waals surface area contributed by atoms with Crippen LogP contribution in [0.25, 0.3) is 0 Å². The zero-order valence-electron chi connectivity index (χ0n) is 25.5. The predicted octanol–water partition coefficient (Wildman–Crippen LogP) is 6.70. The van der Waals surface area contributed by atoms with Crippen molar-refractivity contribution in [2.24, 2.45) is 17.8 Å². The topological polar surface area (TPSA) is 60.9 Å². The van der Waals surface area contributed by atoms with Gasteiger partial charge in [-0.3, -0.25) is 9.59 Å². The molecule has 0 aromatic heterocycles. The number of amides is 1. The van der Waals surface area contributed by atoms with Crippen molar-refractivity contribution >= 4 is 11.7 Å². The van der Waals surface area contributed by atoms with E-state index in [2.05, 4.69) is 18.7 Å². The third-order valence-corrected chi connectivity index (χ3v) is 7.92. The highest BCUT2D eigenvalue weighted by atomic mass is 19.1. The van der Waals surface area contributed by atoms with Gasteiger partial charge in [0.1, 0.15) is 11.6 Å². The Labute approximate surface area is 244 Å². The molecule has 5 nitrogen and oxygen atoms in total. The van der Waals surface area contributed by atoms with Crippen LogP contribution in [0, 0.1) is 36.3 Å². The van der Waals surface area contributed by atoms with Crippen molar-refractivity contribution in [2.45, 2.75) is 79.2 Å². The molecule has 1 aliphatic heterocycles. The van der Waals surface area contributed by atoms with Crippen molar-refractivity contribution in [3.63, 3.8) is 0 Å². The number of aryl methyl sites for hydroxylation is 1. The zero-order chi connectivity index (χ0) is 30.1. The van der Waals surface area contributed by atoms with E-state index in [1.807, 2.05) is 31.7 Å². The van der Waals surface area contributed by atoms with E-state index in [0.29, 0.717) is 35.7 Å². The summed E-state index contributed by atoms with van der Waals surface area (Å²) in [6.07, 6.45) is 2.88. The van der Waals surface area contributed by atoms with E-state index >= 15 is 0 Å². The molecule has 1 saturated heterocycles. The van der Waals surface area contributed by atoms with Gasteiger partial charge in [0.2, 0.25) is 0 Å². The van der Waals surface area contributed by atoms with E-state index in [1.54, 1.807) is 12.1 Å². The number of benzene rings is 2. The van der Waals surface area contributed by atoms with Crippen LogP contribution in [-0.4, -0.2) is 65.4 Å². The average molecular weight is 571 g/mol. The first kappa shape index (κ1) is 32.9. The minimum Gasteiger partial charge on any atom is -0.392 e. The molecule has 0 saturated carbocycles. The Morgan fingerprint density at radius 1 is 1.00 bits per heavy atom. The fourth-order valence-corrected chi connectivity index (χ4v) is 6.24. The molecule has 0 radical (unpaired) electrons. The summed E-state index contributed by atoms with van der Waals surface area (Å²) < 4.78 is 28.1. The lowest BCUT2D eigenvalue weighted by molar-refractivity contribution is 0.00712. The number of piperidine rings is 1. The summed E-state index contributed by atoms with van der Waals surface area (Å²) >= 11 is 0. The van der Waals surface area contributed by atoms with E-state index in [9.17, 15) is 23.5 Å². The molecule has 2 unspecified atom stereocenters. The van der Waals surface area contributed by atoms with Crippen LogP contribution < -0.4 is 0 Å². The highest BCUT2D eigenvalue weighted by molar-refractivity contribution is 6.01. The fraction of sp³-hybridized carbons (Fsp3) is 0.588. The summed E-state index contributed by atoms with van der Waals surface area (Å²) in [5.41, 5.74) is 2.14. The summed E-state index contributed by atoms with van der Waals surface area (Å²) in [7, 11) is 0. The third kappa shape index (κ3) is 9.71. The van der Waals surface area contributed by atoms with Crippen LogP contribution in [0.4, 0.5) is 8.78 Å². The predicted molar refractivity (Wildman–Crippen MR) is 160 cm³/mol. The maximum absolute atomic E-state index is 14.1. The van der Waals surface area contributed by atoms with Gasteiger partial charge in [-0.15, -0.1) is 0 Å². The van der Waals surface area contributed by atoms with Crippen LogP contribution in [0.15, 0.2) is 36.4 Å². The number of hydrogen-bond acceptors (Lipinski definition) is 4. The lowest BCUT2D eigenvalue weighted by Gasteiger charge is -2.38. The van der Waals surface area contributed by atoms with Gasteiger partial charge in [-0.25, -0.2) is 8.78 Å². The number of aliphatic hydroxyl groups excluding tert-OH is 1. The Kier molecular flexibility index (Phi) is 12.5. The van der Waals surface area contributed by atoms with Crippen molar-refractivity contribution in [3.05, 3.63) is 70.3 Å². The molecular weight excluding hydrogens is 522 g/mol. The summed E-state index contributed by atoms with van der Waals surface area (Å²) in [5, 5.41) is 11.6. The highest BCUT2D eigenvalue weighted by Gasteiger charge is 2.33. The fourth-order valence-electron chi connectivity index (χ4n) is 6.24. The Bertz CT molecular complexity index is 1140. The van der Waals surface area contributed by atoms with Crippen molar-refractivity contribution < 1.29 is 23.5 Å². The first-order valence-corrected chi connectivity index (χ1v) is 15.3. The minimum absolute atomic E-state index is 0.0185. The Balaban J connectivity index is 1.88. The number of aliphatic hydroxyl groups is 1. The van der Waals surface area contributed by atoms with Crippen molar-refractivity contribution in [1.82, 2.24) is 9.80 Å². The molecule has 226 valence electrons. The minimum atomic E-state index is -0.809. The normalized spacial score (nSPS) is 17.4. The van der Waals surface area contributed by atoms with Crippen molar-refractivity contribution in [3.8, 4) is 0 Å². The van der Waals surface area contributed by atoms with Crippen LogP contribution in [0.3, 0.4) is 0 Å². The molecule has 7 heteroatoms. The Morgan fingerprint density at radius 3 is 2.24 bits per heavy atom. The third-order valence-electron chi connectivity index (χ3n) is 7.92. The van der Waals surface area contributed by atoms with Crippen LogP contribution >= 0.6 is 0 Å². The van der Waals surface area contributed by atoms with E-state index in [1.165, 1.54) is 12.1 Å². The molecule has 0 spiro atoms. The summed E-state index contributed by atoms with van der Waals surface area (Å²) in [6.45, 7) is 14.2. The second-order valence-electron chi connectivity index (χ2n) is 12.3. The van der Waals surface area contributed by atoms with E-state index in [4.69, 9.17) is 0 Å². The van der Waals surface area contributed by atoms with Gasteiger partial charge in [-0.2, -0.15) is 0 Å². The number of nitrogens with zero attached hydrogens (tertiary/aromatic N) is 2. The molecule has 1 aliphatic rings. The monoisotopic (exact) mass is 570 g/mol. The Hall–Kier alpha value is -2.64. The van der Waals surface area contributed by atoms with E-state index < -0.39 is 23.7 Å².